The molecule has 13 heteroatoms. The number of fused-ring (bicyclic) bond motifs is 5. The topological polar surface area (TPSA) is 75.6 Å². The number of alkyl halides is 1. The van der Waals surface area contributed by atoms with E-state index in [1.807, 2.05) is 42.5 Å². The number of phenolic OH excluding ortho intramolecular Hbond substituents is 1. The molecule has 1 saturated carbocycles. The predicted octanol–water partition coefficient (Wildman–Crippen LogP) is 16.3. The monoisotopic (exact) mass is 1020 g/mol. The minimum Gasteiger partial charge on any atom is -0.507 e. The van der Waals surface area contributed by atoms with Gasteiger partial charge < -0.3 is 23.2 Å². The summed E-state index contributed by atoms with van der Waals surface area (Å²) in [5, 5.41) is 17.3. The van der Waals surface area contributed by atoms with Crippen molar-refractivity contribution in [1.29, 1.82) is 0 Å². The number of benzene rings is 4. The van der Waals surface area contributed by atoms with Crippen LogP contribution in [0.5, 0.6) is 23.0 Å². The maximum atomic E-state index is 12.0. The number of hydrogen-bond acceptors (Lipinski definition) is 7. The molecule has 0 radical (unpaired) electrons. The Morgan fingerprint density at radius 3 is 2.13 bits per heavy atom. The summed E-state index contributed by atoms with van der Waals surface area (Å²) < 4.78 is 42.5. The molecule has 2 heterocycles. The van der Waals surface area contributed by atoms with Gasteiger partial charge in [0.25, 0.3) is 0 Å². The molecule has 4 aromatic rings. The van der Waals surface area contributed by atoms with E-state index in [1.165, 1.54) is 0 Å². The van der Waals surface area contributed by atoms with Crippen LogP contribution < -0.4 is 24.0 Å². The minimum absolute atomic E-state index is 0.0240. The van der Waals surface area contributed by atoms with Crippen LogP contribution in [-0.2, 0) is 24.4 Å². The summed E-state index contributed by atoms with van der Waals surface area (Å²) in [7, 11) is -4.09. The van der Waals surface area contributed by atoms with Crippen LogP contribution in [0, 0.1) is 22.7 Å². The number of phenols is 1. The molecule has 67 heavy (non-hydrogen) atoms. The quantitative estimate of drug-likeness (QED) is 0.158. The van der Waals surface area contributed by atoms with E-state index in [1.54, 1.807) is 0 Å². The van der Waals surface area contributed by atoms with Crippen LogP contribution in [-0.4, -0.2) is 22.7 Å². The standard InChI is InChI=1S/C54H62Cl4O7P2/c1-51(2,3)38-24-30(55)20-34(46(38)59)35-21-31(56)25-39(52(4,5)6)47(35)62-67-61-43-18-14-16-29-19-28-15-13-17-42(44(28)50(65-67)45(29)43)60-66-63-48-36(22-32(57)26-40(48)53(7,8)9)37-23-33(58)27-41(49(37)64-66)54(10,11)12/h14-16,18-20,22-24,26-27,31,35,39-40,47-48,59H,13,17,21,25H2,1-12H3. The molecule has 358 valence electrons. The maximum absolute atomic E-state index is 12.0. The van der Waals surface area contributed by atoms with Crippen molar-refractivity contribution in [3.05, 3.63) is 108 Å². The van der Waals surface area contributed by atoms with Gasteiger partial charge in [0.2, 0.25) is 0 Å². The molecule has 1 fully saturated rings. The van der Waals surface area contributed by atoms with E-state index in [0.29, 0.717) is 50.9 Å². The molecule has 4 aromatic carbocycles. The van der Waals surface area contributed by atoms with Crippen molar-refractivity contribution in [2.45, 2.75) is 143 Å². The van der Waals surface area contributed by atoms with E-state index in [0.717, 1.165) is 61.9 Å². The second-order valence-corrected chi connectivity index (χ2v) is 27.0. The molecular formula is C54H62Cl4O7P2. The average molecular weight is 1030 g/mol. The summed E-state index contributed by atoms with van der Waals surface area (Å²) >= 11 is 27.8. The highest BCUT2D eigenvalue weighted by molar-refractivity contribution is 7.43. The summed E-state index contributed by atoms with van der Waals surface area (Å²) in [5.41, 5.74) is 3.07. The molecule has 9 rings (SSSR count). The first kappa shape index (κ1) is 49.3. The van der Waals surface area contributed by atoms with Crippen LogP contribution in [0.1, 0.15) is 137 Å². The van der Waals surface area contributed by atoms with Crippen molar-refractivity contribution >= 4 is 91.8 Å². The summed E-state index contributed by atoms with van der Waals surface area (Å²) in [4.78, 5) is 0. The van der Waals surface area contributed by atoms with E-state index in [-0.39, 0.29) is 50.5 Å². The third-order valence-electron chi connectivity index (χ3n) is 13.9. The summed E-state index contributed by atoms with van der Waals surface area (Å²) in [6.45, 7) is 25.9. The minimum atomic E-state index is -2.05. The van der Waals surface area contributed by atoms with Crippen LogP contribution in [0.15, 0.2) is 65.7 Å². The molecule has 2 aliphatic heterocycles. The molecule has 5 aliphatic rings. The van der Waals surface area contributed by atoms with Crippen molar-refractivity contribution in [3.63, 3.8) is 0 Å². The number of allylic oxidation sites excluding steroid dienone is 2. The molecule has 1 N–H and O–H groups in total. The van der Waals surface area contributed by atoms with Crippen LogP contribution >= 0.6 is 63.6 Å². The normalized spacial score (nSPS) is 26.4. The van der Waals surface area contributed by atoms with Gasteiger partial charge in [0, 0.05) is 61.0 Å². The molecule has 0 aromatic heterocycles. The van der Waals surface area contributed by atoms with Gasteiger partial charge in [-0.05, 0) is 105 Å². The van der Waals surface area contributed by atoms with E-state index in [4.69, 9.17) is 73.5 Å². The fourth-order valence-corrected chi connectivity index (χ4v) is 14.1. The highest BCUT2D eigenvalue weighted by atomic mass is 35.5. The molecule has 8 unspecified atom stereocenters. The van der Waals surface area contributed by atoms with Crippen LogP contribution in [0.4, 0.5) is 0 Å². The fraction of sp³-hybridized carbons (Fsp3) is 0.481. The lowest BCUT2D eigenvalue weighted by atomic mass is 9.65. The first-order valence-electron chi connectivity index (χ1n) is 23.3. The number of halogens is 4. The van der Waals surface area contributed by atoms with Crippen LogP contribution in [0.25, 0.3) is 28.2 Å². The van der Waals surface area contributed by atoms with Crippen molar-refractivity contribution in [2.75, 3.05) is 0 Å². The lowest BCUT2D eigenvalue weighted by Gasteiger charge is -2.46. The first-order valence-corrected chi connectivity index (χ1v) is 27.1. The van der Waals surface area contributed by atoms with Crippen molar-refractivity contribution in [1.82, 2.24) is 0 Å². The molecular weight excluding hydrogens is 964 g/mol. The summed E-state index contributed by atoms with van der Waals surface area (Å²) in [6, 6.07) is 15.9. The Hall–Kier alpha value is -2.70. The van der Waals surface area contributed by atoms with Gasteiger partial charge in [0.15, 0.2) is 5.75 Å². The Labute approximate surface area is 418 Å². The molecule has 0 bridgehead atoms. The van der Waals surface area contributed by atoms with Crippen molar-refractivity contribution in [3.8, 4) is 23.0 Å². The van der Waals surface area contributed by atoms with Gasteiger partial charge in [-0.15, -0.1) is 11.6 Å². The van der Waals surface area contributed by atoms with Gasteiger partial charge in [-0.25, -0.2) is 0 Å². The predicted molar refractivity (Wildman–Crippen MR) is 278 cm³/mol. The van der Waals surface area contributed by atoms with Gasteiger partial charge in [-0.1, -0.05) is 142 Å². The average Bonchev–Trinajstić information content (AvgIpc) is 3.36. The smallest absolute Gasteiger partial charge is 0.463 e. The van der Waals surface area contributed by atoms with Gasteiger partial charge in [-0.3, -0.25) is 9.05 Å². The van der Waals surface area contributed by atoms with Crippen molar-refractivity contribution in [2.24, 2.45) is 22.7 Å². The Balaban J connectivity index is 1.16. The first-order chi connectivity index (χ1) is 31.3. The fourth-order valence-electron chi connectivity index (χ4n) is 10.5. The van der Waals surface area contributed by atoms with E-state index < -0.39 is 29.4 Å². The Morgan fingerprint density at radius 2 is 1.45 bits per heavy atom. The van der Waals surface area contributed by atoms with E-state index >= 15 is 0 Å². The molecule has 0 amide bonds. The zero-order valence-electron chi connectivity index (χ0n) is 40.4. The number of aromatic hydroxyl groups is 1. The zero-order valence-corrected chi connectivity index (χ0v) is 45.3. The van der Waals surface area contributed by atoms with E-state index in [9.17, 15) is 5.11 Å². The maximum Gasteiger partial charge on any atom is 0.463 e. The Bertz CT molecular complexity index is 2830. The van der Waals surface area contributed by atoms with Crippen LogP contribution in [0.3, 0.4) is 0 Å². The number of rotatable bonds is 5. The second-order valence-electron chi connectivity index (χ2n) is 23.0. The lowest BCUT2D eigenvalue weighted by molar-refractivity contribution is 0.00771. The summed E-state index contributed by atoms with van der Waals surface area (Å²) in [6.07, 6.45) is 8.04. The molecule has 0 spiro atoms. The van der Waals surface area contributed by atoms with Crippen LogP contribution in [0.2, 0.25) is 10.0 Å². The number of hydrogen-bond donors (Lipinski definition) is 1. The second kappa shape index (κ2) is 17.9. The summed E-state index contributed by atoms with van der Waals surface area (Å²) in [5.74, 6) is 2.47. The third-order valence-corrected chi connectivity index (χ3v) is 17.1. The SMILES string of the molecule is CC(C)(C)c1cc(Cl)cc(C2CC(Cl)CC(C(C)(C)C)C2OP2Oc3cccc4cc5c(c(c34)O2)=C(OP2Oc3c(cc(Cl)cc3C(C)(C)C)C3=CC(Cl)=CC(C(C)(C)C)C3O2)CCC=5)c1O. The molecule has 8 atom stereocenters. The highest BCUT2D eigenvalue weighted by Gasteiger charge is 2.49. The van der Waals surface area contributed by atoms with Gasteiger partial charge in [0.05, 0.1) is 16.7 Å². The Morgan fingerprint density at radius 1 is 0.761 bits per heavy atom. The zero-order chi connectivity index (χ0) is 48.3. The third kappa shape index (κ3) is 9.61. The van der Waals surface area contributed by atoms with Gasteiger partial charge in [-0.2, -0.15) is 0 Å². The largest absolute Gasteiger partial charge is 0.507 e. The van der Waals surface area contributed by atoms with Gasteiger partial charge >= 0.3 is 17.2 Å². The molecule has 0 saturated heterocycles. The molecule has 7 nitrogen and oxygen atoms in total. The molecule has 3 aliphatic carbocycles. The lowest BCUT2D eigenvalue weighted by Crippen LogP contribution is -2.44. The highest BCUT2D eigenvalue weighted by Crippen LogP contribution is 2.61. The van der Waals surface area contributed by atoms with Gasteiger partial charge in [0.1, 0.15) is 29.1 Å². The Kier molecular flexibility index (Phi) is 13.1. The van der Waals surface area contributed by atoms with E-state index in [2.05, 4.69) is 107 Å². The van der Waals surface area contributed by atoms with Crippen molar-refractivity contribution < 1.29 is 32.2 Å².